The number of nitrogens with zero attached hydrogens (tertiary/aromatic N) is 2. The van der Waals surface area contributed by atoms with E-state index in [2.05, 4.69) is 49.9 Å². The number of ether oxygens (including phenoxy) is 1. The summed E-state index contributed by atoms with van der Waals surface area (Å²) in [5.74, 6) is 0.910. The molecule has 5 heteroatoms. The van der Waals surface area contributed by atoms with Gasteiger partial charge in [0.05, 0.1) is 15.9 Å². The molecular weight excluding hydrogens is 372 g/mol. The molecule has 2 aromatic rings. The van der Waals surface area contributed by atoms with E-state index in [1.165, 1.54) is 0 Å². The molecule has 0 aliphatic rings. The lowest BCUT2D eigenvalue weighted by molar-refractivity contribution is 0.289. The lowest BCUT2D eigenvalue weighted by atomic mass is 10.2. The highest BCUT2D eigenvalue weighted by Gasteiger charge is 2.13. The van der Waals surface area contributed by atoms with Crippen LogP contribution >= 0.6 is 31.9 Å². The van der Waals surface area contributed by atoms with Crippen molar-refractivity contribution in [3.63, 3.8) is 0 Å². The fourth-order valence-electron chi connectivity index (χ4n) is 1.91. The molecule has 0 aliphatic carbocycles. The highest BCUT2D eigenvalue weighted by atomic mass is 79.9. The molecular formula is C14H16Br2N2O. The summed E-state index contributed by atoms with van der Waals surface area (Å²) in [6.07, 6.45) is 0. The summed E-state index contributed by atoms with van der Waals surface area (Å²) in [5.41, 5.74) is 3.22. The van der Waals surface area contributed by atoms with Crippen molar-refractivity contribution < 1.29 is 4.74 Å². The SMILES string of the molecule is CCn1nc(C)c(Br)c1COc1ccccc1CBr. The van der Waals surface area contributed by atoms with Gasteiger partial charge in [-0.1, -0.05) is 34.1 Å². The summed E-state index contributed by atoms with van der Waals surface area (Å²) in [7, 11) is 0. The molecule has 3 nitrogen and oxygen atoms in total. The standard InChI is InChI=1S/C14H16Br2N2O/c1-3-18-12(14(16)10(2)17-18)9-19-13-7-5-4-6-11(13)8-15/h4-7H,3,8-9H2,1-2H3. The van der Waals surface area contributed by atoms with Crippen LogP contribution in [0.5, 0.6) is 5.75 Å². The Morgan fingerprint density at radius 3 is 2.74 bits per heavy atom. The number of aryl methyl sites for hydroxylation is 2. The van der Waals surface area contributed by atoms with Crippen LogP contribution in [0, 0.1) is 6.92 Å². The fourth-order valence-corrected chi connectivity index (χ4v) is 2.77. The molecule has 19 heavy (non-hydrogen) atoms. The van der Waals surface area contributed by atoms with Crippen LogP contribution in [-0.4, -0.2) is 9.78 Å². The van der Waals surface area contributed by atoms with E-state index in [1.54, 1.807) is 0 Å². The van der Waals surface area contributed by atoms with Crippen molar-refractivity contribution in [1.82, 2.24) is 9.78 Å². The van der Waals surface area contributed by atoms with Crippen LogP contribution in [0.15, 0.2) is 28.7 Å². The van der Waals surface area contributed by atoms with E-state index in [-0.39, 0.29) is 0 Å². The lowest BCUT2D eigenvalue weighted by Gasteiger charge is -2.11. The van der Waals surface area contributed by atoms with Gasteiger partial charge in [-0.25, -0.2) is 0 Å². The van der Waals surface area contributed by atoms with Gasteiger partial charge in [-0.05, 0) is 35.8 Å². The van der Waals surface area contributed by atoms with Crippen molar-refractivity contribution >= 4 is 31.9 Å². The topological polar surface area (TPSA) is 27.1 Å². The number of alkyl halides is 1. The summed E-state index contributed by atoms with van der Waals surface area (Å²) in [5, 5.41) is 5.25. The molecule has 1 aromatic heterocycles. The Morgan fingerprint density at radius 2 is 2.05 bits per heavy atom. The second-order valence-electron chi connectivity index (χ2n) is 4.19. The first-order chi connectivity index (χ1) is 9.17. The minimum atomic E-state index is 0.513. The van der Waals surface area contributed by atoms with Crippen LogP contribution in [0.3, 0.4) is 0 Å². The van der Waals surface area contributed by atoms with E-state index in [0.29, 0.717) is 6.61 Å². The van der Waals surface area contributed by atoms with Gasteiger partial charge in [-0.15, -0.1) is 0 Å². The number of rotatable bonds is 5. The second-order valence-corrected chi connectivity index (χ2v) is 5.55. The Balaban J connectivity index is 2.19. The summed E-state index contributed by atoms with van der Waals surface area (Å²) < 4.78 is 8.93. The van der Waals surface area contributed by atoms with E-state index in [9.17, 15) is 0 Å². The van der Waals surface area contributed by atoms with Crippen LogP contribution in [0.2, 0.25) is 0 Å². The molecule has 102 valence electrons. The van der Waals surface area contributed by atoms with E-state index >= 15 is 0 Å². The van der Waals surface area contributed by atoms with E-state index in [4.69, 9.17) is 4.74 Å². The summed E-state index contributed by atoms with van der Waals surface area (Å²) in [6.45, 7) is 5.42. The van der Waals surface area contributed by atoms with Gasteiger partial charge in [0.1, 0.15) is 12.4 Å². The molecule has 0 atom stereocenters. The first-order valence-corrected chi connectivity index (χ1v) is 8.07. The molecule has 0 unspecified atom stereocenters. The minimum absolute atomic E-state index is 0.513. The maximum Gasteiger partial charge on any atom is 0.131 e. The molecule has 0 amide bonds. The molecule has 0 fully saturated rings. The smallest absolute Gasteiger partial charge is 0.131 e. The van der Waals surface area contributed by atoms with Crippen molar-refractivity contribution in [1.29, 1.82) is 0 Å². The van der Waals surface area contributed by atoms with Crippen molar-refractivity contribution in [3.05, 3.63) is 45.7 Å². The van der Waals surface area contributed by atoms with E-state index in [0.717, 1.165) is 39.0 Å². The minimum Gasteiger partial charge on any atom is -0.487 e. The first kappa shape index (κ1) is 14.6. The van der Waals surface area contributed by atoms with Crippen molar-refractivity contribution in [2.45, 2.75) is 32.3 Å². The zero-order valence-electron chi connectivity index (χ0n) is 11.0. The van der Waals surface area contributed by atoms with Crippen LogP contribution < -0.4 is 4.74 Å². The molecule has 1 heterocycles. The Kier molecular flexibility index (Phi) is 5.05. The van der Waals surface area contributed by atoms with Crippen LogP contribution in [0.1, 0.15) is 23.9 Å². The van der Waals surface area contributed by atoms with Gasteiger partial charge >= 0.3 is 0 Å². The molecule has 0 spiro atoms. The van der Waals surface area contributed by atoms with E-state index < -0.39 is 0 Å². The summed E-state index contributed by atoms with van der Waals surface area (Å²) >= 11 is 7.05. The molecule has 0 radical (unpaired) electrons. The average molecular weight is 388 g/mol. The third kappa shape index (κ3) is 3.20. The first-order valence-electron chi connectivity index (χ1n) is 6.15. The predicted molar refractivity (Wildman–Crippen MR) is 83.7 cm³/mol. The monoisotopic (exact) mass is 386 g/mol. The molecule has 0 aliphatic heterocycles. The Labute approximate surface area is 130 Å². The average Bonchev–Trinajstić information content (AvgIpc) is 2.72. The van der Waals surface area contributed by atoms with Gasteiger partial charge in [-0.2, -0.15) is 5.10 Å². The van der Waals surface area contributed by atoms with Crippen LogP contribution in [0.4, 0.5) is 0 Å². The van der Waals surface area contributed by atoms with Crippen molar-refractivity contribution in [2.75, 3.05) is 0 Å². The third-order valence-corrected chi connectivity index (χ3v) is 4.57. The molecule has 0 saturated heterocycles. The van der Waals surface area contributed by atoms with Gasteiger partial charge in [0.2, 0.25) is 0 Å². The maximum absolute atomic E-state index is 5.93. The maximum atomic E-state index is 5.93. The third-order valence-electron chi connectivity index (χ3n) is 2.93. The number of halogens is 2. The van der Waals surface area contributed by atoms with Gasteiger partial charge < -0.3 is 4.74 Å². The van der Waals surface area contributed by atoms with E-state index in [1.807, 2.05) is 29.8 Å². The van der Waals surface area contributed by atoms with Gasteiger partial charge in [0, 0.05) is 17.4 Å². The molecule has 0 bridgehead atoms. The van der Waals surface area contributed by atoms with Crippen molar-refractivity contribution in [3.8, 4) is 5.75 Å². The summed E-state index contributed by atoms with van der Waals surface area (Å²) in [6, 6.07) is 8.05. The number of benzene rings is 1. The molecule has 2 rings (SSSR count). The highest BCUT2D eigenvalue weighted by molar-refractivity contribution is 9.10. The largest absolute Gasteiger partial charge is 0.487 e. The normalized spacial score (nSPS) is 10.7. The Hall–Kier alpha value is -0.810. The molecule has 0 saturated carbocycles. The Morgan fingerprint density at radius 1 is 1.32 bits per heavy atom. The van der Waals surface area contributed by atoms with Gasteiger partial charge in [0.15, 0.2) is 0 Å². The highest BCUT2D eigenvalue weighted by Crippen LogP contribution is 2.25. The summed E-state index contributed by atoms with van der Waals surface area (Å²) in [4.78, 5) is 0. The van der Waals surface area contributed by atoms with Gasteiger partial charge in [0.25, 0.3) is 0 Å². The van der Waals surface area contributed by atoms with Crippen LogP contribution in [0.25, 0.3) is 0 Å². The Bertz CT molecular complexity index is 567. The van der Waals surface area contributed by atoms with Gasteiger partial charge in [-0.3, -0.25) is 4.68 Å². The number of para-hydroxylation sites is 1. The fraction of sp³-hybridized carbons (Fsp3) is 0.357. The number of hydrogen-bond donors (Lipinski definition) is 0. The molecule has 0 N–H and O–H groups in total. The number of hydrogen-bond acceptors (Lipinski definition) is 2. The zero-order chi connectivity index (χ0) is 13.8. The lowest BCUT2D eigenvalue weighted by Crippen LogP contribution is -2.07. The van der Waals surface area contributed by atoms with Crippen LogP contribution in [-0.2, 0) is 18.5 Å². The van der Waals surface area contributed by atoms with Crippen molar-refractivity contribution in [2.24, 2.45) is 0 Å². The molecule has 1 aromatic carbocycles. The number of aromatic nitrogens is 2. The predicted octanol–water partition coefficient (Wildman–Crippen LogP) is 4.45. The quantitative estimate of drug-likeness (QED) is 0.708. The zero-order valence-corrected chi connectivity index (χ0v) is 14.2. The second kappa shape index (κ2) is 6.57.